The number of nitrogens with one attached hydrogen (secondary N) is 1. The molecule has 134 valence electrons. The molecule has 2 atom stereocenters. The van der Waals surface area contributed by atoms with Crippen LogP contribution in [0.3, 0.4) is 0 Å². The highest BCUT2D eigenvalue weighted by molar-refractivity contribution is 5.82. The molecule has 0 aliphatic heterocycles. The molecule has 2 N–H and O–H groups in total. The van der Waals surface area contributed by atoms with Crippen molar-refractivity contribution in [2.24, 2.45) is 0 Å². The predicted octanol–water partition coefficient (Wildman–Crippen LogP) is 2.96. The number of rotatable bonds is 4. The van der Waals surface area contributed by atoms with Gasteiger partial charge >= 0.3 is 12.1 Å². The summed E-state index contributed by atoms with van der Waals surface area (Å²) in [4.78, 5) is 24.4. The molecule has 1 rings (SSSR count). The van der Waals surface area contributed by atoms with Gasteiger partial charge in [-0.05, 0) is 47.1 Å². The van der Waals surface area contributed by atoms with Crippen molar-refractivity contribution in [3.05, 3.63) is 35.9 Å². The SMILES string of the molecule is CC(C)(C)OC(=O)N[C@H](C(=O)OC(C)(C)C)[C@@H](O)c1ccccc1. The van der Waals surface area contributed by atoms with Gasteiger partial charge in [-0.25, -0.2) is 9.59 Å². The highest BCUT2D eigenvalue weighted by Gasteiger charge is 2.34. The molecule has 24 heavy (non-hydrogen) atoms. The molecule has 0 fully saturated rings. The number of carbonyl (C=O) groups excluding carboxylic acids is 2. The van der Waals surface area contributed by atoms with Crippen molar-refractivity contribution in [3.8, 4) is 0 Å². The summed E-state index contributed by atoms with van der Waals surface area (Å²) in [5, 5.41) is 12.9. The van der Waals surface area contributed by atoms with Gasteiger partial charge < -0.3 is 19.9 Å². The zero-order valence-corrected chi connectivity index (χ0v) is 15.1. The van der Waals surface area contributed by atoms with E-state index in [-0.39, 0.29) is 0 Å². The van der Waals surface area contributed by atoms with Gasteiger partial charge in [0.2, 0.25) is 0 Å². The molecule has 0 aromatic heterocycles. The van der Waals surface area contributed by atoms with Crippen LogP contribution in [-0.2, 0) is 14.3 Å². The molecule has 0 heterocycles. The average Bonchev–Trinajstić information content (AvgIpc) is 2.41. The molecule has 0 saturated heterocycles. The van der Waals surface area contributed by atoms with E-state index < -0.39 is 35.4 Å². The maximum absolute atomic E-state index is 12.4. The fourth-order valence-corrected chi connectivity index (χ4v) is 1.91. The number of hydrogen-bond donors (Lipinski definition) is 2. The first-order valence-electron chi connectivity index (χ1n) is 7.84. The van der Waals surface area contributed by atoms with E-state index in [0.29, 0.717) is 5.56 Å². The Balaban J connectivity index is 2.99. The van der Waals surface area contributed by atoms with Crippen LogP contribution in [0.15, 0.2) is 30.3 Å². The molecule has 0 unspecified atom stereocenters. The van der Waals surface area contributed by atoms with Crippen LogP contribution in [-0.4, -0.2) is 34.4 Å². The predicted molar refractivity (Wildman–Crippen MR) is 90.4 cm³/mol. The van der Waals surface area contributed by atoms with Gasteiger partial charge in [0.15, 0.2) is 6.04 Å². The average molecular weight is 337 g/mol. The molecule has 0 radical (unpaired) electrons. The molecule has 0 bridgehead atoms. The third-order valence-corrected chi connectivity index (χ3v) is 2.79. The van der Waals surface area contributed by atoms with Crippen LogP contribution < -0.4 is 5.32 Å². The molecular formula is C18H27NO5. The van der Waals surface area contributed by atoms with Crippen LogP contribution in [0.2, 0.25) is 0 Å². The summed E-state index contributed by atoms with van der Waals surface area (Å²) in [7, 11) is 0. The van der Waals surface area contributed by atoms with Crippen molar-refractivity contribution >= 4 is 12.1 Å². The first kappa shape index (κ1) is 20.0. The second-order valence-corrected chi connectivity index (χ2v) is 7.51. The molecule has 1 aromatic carbocycles. The lowest BCUT2D eigenvalue weighted by atomic mass is 10.0. The van der Waals surface area contributed by atoms with Gasteiger partial charge in [0.1, 0.15) is 17.3 Å². The normalized spacial score (nSPS) is 14.5. The molecule has 6 nitrogen and oxygen atoms in total. The van der Waals surface area contributed by atoms with E-state index in [2.05, 4.69) is 5.32 Å². The van der Waals surface area contributed by atoms with E-state index in [0.717, 1.165) is 0 Å². The van der Waals surface area contributed by atoms with Crippen LogP contribution in [0.5, 0.6) is 0 Å². The second kappa shape index (κ2) is 7.66. The Labute approximate surface area is 143 Å². The number of alkyl carbamates (subject to hydrolysis) is 1. The number of esters is 1. The van der Waals surface area contributed by atoms with Crippen molar-refractivity contribution in [3.63, 3.8) is 0 Å². The maximum atomic E-state index is 12.4. The number of carbonyl (C=O) groups is 2. The molecule has 0 spiro atoms. The Morgan fingerprint density at radius 3 is 1.92 bits per heavy atom. The molecular weight excluding hydrogens is 310 g/mol. The van der Waals surface area contributed by atoms with Gasteiger partial charge in [0, 0.05) is 0 Å². The Bertz CT molecular complexity index is 557. The smallest absolute Gasteiger partial charge is 0.408 e. The minimum Gasteiger partial charge on any atom is -0.458 e. The van der Waals surface area contributed by atoms with E-state index in [9.17, 15) is 14.7 Å². The van der Waals surface area contributed by atoms with Gasteiger partial charge in [-0.15, -0.1) is 0 Å². The third-order valence-electron chi connectivity index (χ3n) is 2.79. The Morgan fingerprint density at radius 1 is 0.958 bits per heavy atom. The third kappa shape index (κ3) is 7.00. The Morgan fingerprint density at radius 2 is 1.46 bits per heavy atom. The number of benzene rings is 1. The summed E-state index contributed by atoms with van der Waals surface area (Å²) in [6, 6.07) is 7.31. The van der Waals surface area contributed by atoms with Crippen LogP contribution in [0.4, 0.5) is 4.79 Å². The van der Waals surface area contributed by atoms with E-state index in [1.807, 2.05) is 0 Å². The fourth-order valence-electron chi connectivity index (χ4n) is 1.91. The van der Waals surface area contributed by atoms with Crippen LogP contribution in [0.25, 0.3) is 0 Å². The summed E-state index contributed by atoms with van der Waals surface area (Å²) in [5.41, 5.74) is -0.980. The first-order chi connectivity index (χ1) is 10.9. The number of amides is 1. The van der Waals surface area contributed by atoms with E-state index >= 15 is 0 Å². The summed E-state index contributed by atoms with van der Waals surface area (Å²) >= 11 is 0. The lowest BCUT2D eigenvalue weighted by molar-refractivity contribution is -0.160. The van der Waals surface area contributed by atoms with Crippen LogP contribution in [0, 0.1) is 0 Å². The van der Waals surface area contributed by atoms with Crippen molar-refractivity contribution in [1.29, 1.82) is 0 Å². The molecule has 0 aliphatic carbocycles. The lowest BCUT2D eigenvalue weighted by Gasteiger charge is -2.28. The number of hydrogen-bond acceptors (Lipinski definition) is 5. The van der Waals surface area contributed by atoms with Gasteiger partial charge in [-0.1, -0.05) is 30.3 Å². The zero-order valence-electron chi connectivity index (χ0n) is 15.1. The molecule has 6 heteroatoms. The quantitative estimate of drug-likeness (QED) is 0.825. The summed E-state index contributed by atoms with van der Waals surface area (Å²) in [6.07, 6.45) is -2.05. The van der Waals surface area contributed by atoms with Crippen LogP contribution in [0.1, 0.15) is 53.2 Å². The second-order valence-electron chi connectivity index (χ2n) is 7.51. The molecule has 1 aromatic rings. The molecule has 0 saturated carbocycles. The minimum atomic E-state index is -1.28. The van der Waals surface area contributed by atoms with Crippen LogP contribution >= 0.6 is 0 Å². The maximum Gasteiger partial charge on any atom is 0.408 e. The zero-order chi connectivity index (χ0) is 18.5. The summed E-state index contributed by atoms with van der Waals surface area (Å²) < 4.78 is 10.5. The van der Waals surface area contributed by atoms with Gasteiger partial charge in [-0.2, -0.15) is 0 Å². The van der Waals surface area contributed by atoms with E-state index in [4.69, 9.17) is 9.47 Å². The molecule has 1 amide bonds. The number of ether oxygens (including phenoxy) is 2. The van der Waals surface area contributed by atoms with E-state index in [1.165, 1.54) is 0 Å². The summed E-state index contributed by atoms with van der Waals surface area (Å²) in [5.74, 6) is -0.732. The van der Waals surface area contributed by atoms with Crippen molar-refractivity contribution in [2.75, 3.05) is 0 Å². The monoisotopic (exact) mass is 337 g/mol. The largest absolute Gasteiger partial charge is 0.458 e. The highest BCUT2D eigenvalue weighted by Crippen LogP contribution is 2.20. The van der Waals surface area contributed by atoms with Gasteiger partial charge in [0.05, 0.1) is 0 Å². The number of aliphatic hydroxyl groups is 1. The van der Waals surface area contributed by atoms with E-state index in [1.54, 1.807) is 71.9 Å². The standard InChI is InChI=1S/C18H27NO5/c1-17(2,3)23-15(21)13(19-16(22)24-18(4,5)6)14(20)12-10-8-7-9-11-12/h7-11,13-14,20H,1-6H3,(H,19,22)/t13-,14-/m0/s1. The van der Waals surface area contributed by atoms with Crippen molar-refractivity contribution < 1.29 is 24.2 Å². The van der Waals surface area contributed by atoms with Crippen molar-refractivity contribution in [1.82, 2.24) is 5.32 Å². The lowest BCUT2D eigenvalue weighted by Crippen LogP contribution is -2.49. The topological polar surface area (TPSA) is 84.9 Å². The minimum absolute atomic E-state index is 0.490. The van der Waals surface area contributed by atoms with Crippen molar-refractivity contribution in [2.45, 2.75) is 64.9 Å². The Kier molecular flexibility index (Phi) is 6.37. The number of aliphatic hydroxyl groups excluding tert-OH is 1. The van der Waals surface area contributed by atoms with Gasteiger partial charge in [0.25, 0.3) is 0 Å². The highest BCUT2D eigenvalue weighted by atomic mass is 16.6. The first-order valence-corrected chi connectivity index (χ1v) is 7.84. The summed E-state index contributed by atoms with van der Waals surface area (Å²) in [6.45, 7) is 10.3. The van der Waals surface area contributed by atoms with Gasteiger partial charge in [-0.3, -0.25) is 0 Å². The fraction of sp³-hybridized carbons (Fsp3) is 0.556. The Hall–Kier alpha value is -2.08. The molecule has 0 aliphatic rings.